The van der Waals surface area contributed by atoms with E-state index in [1.807, 2.05) is 41.7 Å². The SMILES string of the molecule is Cc1nn(C)c(C)c1CC(=O)N(C)CC(=O)NC(C)(C)C. The number of hydrogen-bond donors (Lipinski definition) is 1. The van der Waals surface area contributed by atoms with Crippen molar-refractivity contribution in [3.05, 3.63) is 17.0 Å². The summed E-state index contributed by atoms with van der Waals surface area (Å²) in [5.41, 5.74) is 2.48. The van der Waals surface area contributed by atoms with Gasteiger partial charge in [0.05, 0.1) is 18.7 Å². The van der Waals surface area contributed by atoms with Crippen LogP contribution in [0.15, 0.2) is 0 Å². The van der Waals surface area contributed by atoms with Crippen LogP contribution in [0.25, 0.3) is 0 Å². The maximum absolute atomic E-state index is 12.2. The van der Waals surface area contributed by atoms with Gasteiger partial charge in [-0.15, -0.1) is 0 Å². The van der Waals surface area contributed by atoms with Crippen LogP contribution in [-0.2, 0) is 23.1 Å². The molecule has 0 aliphatic rings. The number of carbonyl (C=O) groups is 2. The first kappa shape index (κ1) is 17.2. The Morgan fingerprint density at radius 2 is 1.86 bits per heavy atom. The van der Waals surface area contributed by atoms with Crippen LogP contribution >= 0.6 is 0 Å². The molecule has 0 unspecified atom stereocenters. The first-order valence-electron chi connectivity index (χ1n) is 7.05. The Kier molecular flexibility index (Phi) is 5.15. The van der Waals surface area contributed by atoms with Gasteiger partial charge < -0.3 is 10.2 Å². The highest BCUT2D eigenvalue weighted by molar-refractivity contribution is 5.86. The van der Waals surface area contributed by atoms with E-state index in [4.69, 9.17) is 0 Å². The lowest BCUT2D eigenvalue weighted by molar-refractivity contribution is -0.134. The van der Waals surface area contributed by atoms with Gasteiger partial charge in [0, 0.05) is 30.9 Å². The van der Waals surface area contributed by atoms with Gasteiger partial charge in [-0.2, -0.15) is 5.10 Å². The fourth-order valence-electron chi connectivity index (χ4n) is 2.12. The van der Waals surface area contributed by atoms with Crippen molar-refractivity contribution in [1.29, 1.82) is 0 Å². The van der Waals surface area contributed by atoms with Crippen LogP contribution in [0.3, 0.4) is 0 Å². The molecular formula is C15H26N4O2. The number of aromatic nitrogens is 2. The summed E-state index contributed by atoms with van der Waals surface area (Å²) in [6, 6.07) is 0. The molecule has 0 aliphatic heterocycles. The second-order valence-corrected chi connectivity index (χ2v) is 6.50. The van der Waals surface area contributed by atoms with Gasteiger partial charge in [0.25, 0.3) is 0 Å². The third kappa shape index (κ3) is 4.88. The van der Waals surface area contributed by atoms with Gasteiger partial charge in [-0.25, -0.2) is 0 Å². The molecule has 0 fully saturated rings. The molecule has 6 heteroatoms. The molecule has 0 bridgehead atoms. The molecule has 0 radical (unpaired) electrons. The largest absolute Gasteiger partial charge is 0.350 e. The standard InChI is InChI=1S/C15H26N4O2/c1-10-12(11(2)19(7)17-10)8-14(21)18(6)9-13(20)16-15(3,4)5/h8-9H2,1-7H3,(H,16,20). The number of nitrogens with zero attached hydrogens (tertiary/aromatic N) is 3. The van der Waals surface area contributed by atoms with E-state index in [-0.39, 0.29) is 30.3 Å². The zero-order valence-electron chi connectivity index (χ0n) is 14.1. The maximum Gasteiger partial charge on any atom is 0.240 e. The third-order valence-electron chi connectivity index (χ3n) is 3.31. The molecule has 0 saturated carbocycles. The predicted molar refractivity (Wildman–Crippen MR) is 81.9 cm³/mol. The van der Waals surface area contributed by atoms with Crippen LogP contribution in [0.1, 0.15) is 37.7 Å². The van der Waals surface area contributed by atoms with Crippen molar-refractivity contribution in [2.24, 2.45) is 7.05 Å². The molecular weight excluding hydrogens is 268 g/mol. The smallest absolute Gasteiger partial charge is 0.240 e. The minimum Gasteiger partial charge on any atom is -0.350 e. The molecule has 0 aromatic carbocycles. The number of rotatable bonds is 4. The monoisotopic (exact) mass is 294 g/mol. The van der Waals surface area contributed by atoms with E-state index in [1.54, 1.807) is 11.7 Å². The van der Waals surface area contributed by atoms with Crippen LogP contribution in [0.5, 0.6) is 0 Å². The topological polar surface area (TPSA) is 67.2 Å². The van der Waals surface area contributed by atoms with Crippen LogP contribution in [0.2, 0.25) is 0 Å². The van der Waals surface area contributed by atoms with E-state index in [2.05, 4.69) is 10.4 Å². The van der Waals surface area contributed by atoms with Gasteiger partial charge in [-0.05, 0) is 34.6 Å². The highest BCUT2D eigenvalue weighted by Crippen LogP contribution is 2.13. The fraction of sp³-hybridized carbons (Fsp3) is 0.667. The average molecular weight is 294 g/mol. The summed E-state index contributed by atoms with van der Waals surface area (Å²) in [5.74, 6) is -0.240. The highest BCUT2D eigenvalue weighted by atomic mass is 16.2. The summed E-state index contributed by atoms with van der Waals surface area (Å²) in [7, 11) is 3.50. The number of aryl methyl sites for hydroxylation is 2. The molecule has 118 valence electrons. The van der Waals surface area contributed by atoms with Crippen molar-refractivity contribution in [1.82, 2.24) is 20.0 Å². The summed E-state index contributed by atoms with van der Waals surface area (Å²) in [6.07, 6.45) is 0.269. The molecule has 1 rings (SSSR count). The Bertz CT molecular complexity index is 541. The molecule has 0 saturated heterocycles. The number of nitrogens with one attached hydrogen (secondary N) is 1. The predicted octanol–water partition coefficient (Wildman–Crippen LogP) is 0.953. The van der Waals surface area contributed by atoms with Crippen LogP contribution in [0, 0.1) is 13.8 Å². The molecule has 0 atom stereocenters. The average Bonchev–Trinajstić information content (AvgIpc) is 2.53. The van der Waals surface area contributed by atoms with Crippen LogP contribution in [-0.4, -0.2) is 45.6 Å². The minimum atomic E-state index is -0.294. The second-order valence-electron chi connectivity index (χ2n) is 6.50. The van der Waals surface area contributed by atoms with Gasteiger partial charge in [0.1, 0.15) is 0 Å². The van der Waals surface area contributed by atoms with Crippen LogP contribution in [0.4, 0.5) is 0 Å². The number of hydrogen-bond acceptors (Lipinski definition) is 3. The van der Waals surface area contributed by atoms with E-state index in [9.17, 15) is 9.59 Å². The molecule has 2 amide bonds. The minimum absolute atomic E-state index is 0.0639. The molecule has 1 aromatic heterocycles. The highest BCUT2D eigenvalue weighted by Gasteiger charge is 2.20. The van der Waals surface area contributed by atoms with E-state index in [0.29, 0.717) is 0 Å². The Balaban J connectivity index is 2.65. The lowest BCUT2D eigenvalue weighted by Crippen LogP contribution is -2.46. The van der Waals surface area contributed by atoms with Crippen molar-refractivity contribution in [3.63, 3.8) is 0 Å². The lowest BCUT2D eigenvalue weighted by atomic mass is 10.1. The van der Waals surface area contributed by atoms with E-state index in [1.165, 1.54) is 4.90 Å². The van der Waals surface area contributed by atoms with E-state index < -0.39 is 0 Å². The molecule has 0 aliphatic carbocycles. The summed E-state index contributed by atoms with van der Waals surface area (Å²) in [5, 5.41) is 7.15. The third-order valence-corrected chi connectivity index (χ3v) is 3.31. The van der Waals surface area contributed by atoms with E-state index >= 15 is 0 Å². The Labute approximate surface area is 126 Å². The van der Waals surface area contributed by atoms with Gasteiger partial charge in [0.2, 0.25) is 11.8 Å². The molecule has 1 heterocycles. The quantitative estimate of drug-likeness (QED) is 0.899. The number of likely N-dealkylation sites (N-methyl/N-ethyl adjacent to an activating group) is 1. The fourth-order valence-corrected chi connectivity index (χ4v) is 2.12. The Morgan fingerprint density at radius 1 is 1.29 bits per heavy atom. The van der Waals surface area contributed by atoms with Gasteiger partial charge in [-0.1, -0.05) is 0 Å². The normalized spacial score (nSPS) is 11.4. The first-order chi connectivity index (χ1) is 9.51. The summed E-state index contributed by atoms with van der Waals surface area (Å²) < 4.78 is 1.77. The number of amides is 2. The zero-order valence-corrected chi connectivity index (χ0v) is 14.1. The molecule has 1 N–H and O–H groups in total. The molecule has 1 aromatic rings. The Hall–Kier alpha value is -1.85. The molecule has 21 heavy (non-hydrogen) atoms. The van der Waals surface area contributed by atoms with Crippen molar-refractivity contribution >= 4 is 11.8 Å². The second kappa shape index (κ2) is 6.28. The van der Waals surface area contributed by atoms with Crippen molar-refractivity contribution in [3.8, 4) is 0 Å². The van der Waals surface area contributed by atoms with Crippen molar-refractivity contribution in [2.45, 2.75) is 46.6 Å². The molecule has 6 nitrogen and oxygen atoms in total. The summed E-state index contributed by atoms with van der Waals surface area (Å²) in [4.78, 5) is 25.5. The van der Waals surface area contributed by atoms with Gasteiger partial charge >= 0.3 is 0 Å². The summed E-state index contributed by atoms with van der Waals surface area (Å²) in [6.45, 7) is 9.63. The van der Waals surface area contributed by atoms with Crippen molar-refractivity contribution in [2.75, 3.05) is 13.6 Å². The zero-order chi connectivity index (χ0) is 16.4. The maximum atomic E-state index is 12.2. The summed E-state index contributed by atoms with van der Waals surface area (Å²) >= 11 is 0. The van der Waals surface area contributed by atoms with Gasteiger partial charge in [0.15, 0.2) is 0 Å². The van der Waals surface area contributed by atoms with Gasteiger partial charge in [-0.3, -0.25) is 14.3 Å². The lowest BCUT2D eigenvalue weighted by Gasteiger charge is -2.23. The molecule has 0 spiro atoms. The van der Waals surface area contributed by atoms with Crippen molar-refractivity contribution < 1.29 is 9.59 Å². The van der Waals surface area contributed by atoms with E-state index in [0.717, 1.165) is 17.0 Å². The first-order valence-corrected chi connectivity index (χ1v) is 7.05. The Morgan fingerprint density at radius 3 is 2.29 bits per heavy atom. The number of carbonyl (C=O) groups excluding carboxylic acids is 2. The van der Waals surface area contributed by atoms with Crippen LogP contribution < -0.4 is 5.32 Å².